The predicted octanol–water partition coefficient (Wildman–Crippen LogP) is 2.26. The van der Waals surface area contributed by atoms with Crippen LogP contribution < -0.4 is 10.1 Å². The van der Waals surface area contributed by atoms with Crippen LogP contribution in [0.25, 0.3) is 0 Å². The van der Waals surface area contributed by atoms with E-state index in [9.17, 15) is 5.11 Å². The highest BCUT2D eigenvalue weighted by atomic mass is 16.5. The van der Waals surface area contributed by atoms with Crippen molar-refractivity contribution in [3.8, 4) is 5.75 Å². The average molecular weight is 261 g/mol. The second kappa shape index (κ2) is 5.51. The molecule has 0 atom stereocenters. The zero-order valence-corrected chi connectivity index (χ0v) is 11.5. The summed E-state index contributed by atoms with van der Waals surface area (Å²) < 4.78 is 5.63. The fourth-order valence-corrected chi connectivity index (χ4v) is 3.06. The first-order chi connectivity index (χ1) is 9.31. The summed E-state index contributed by atoms with van der Waals surface area (Å²) in [4.78, 5) is 0. The Kier molecular flexibility index (Phi) is 3.76. The van der Waals surface area contributed by atoms with E-state index in [-0.39, 0.29) is 5.41 Å². The van der Waals surface area contributed by atoms with E-state index in [0.717, 1.165) is 51.1 Å². The Morgan fingerprint density at radius 3 is 2.89 bits per heavy atom. The number of aliphatic hydroxyl groups is 1. The Bertz CT molecular complexity index is 435. The van der Waals surface area contributed by atoms with E-state index in [1.54, 1.807) is 0 Å². The predicted molar refractivity (Wildman–Crippen MR) is 75.3 cm³/mol. The minimum Gasteiger partial charge on any atom is -0.493 e. The average Bonchev–Trinajstić information content (AvgIpc) is 2.42. The molecule has 0 saturated heterocycles. The minimum absolute atomic E-state index is 0.164. The Hall–Kier alpha value is -1.06. The first-order valence-electron chi connectivity index (χ1n) is 7.38. The molecule has 1 aliphatic heterocycles. The van der Waals surface area contributed by atoms with Gasteiger partial charge in [-0.25, -0.2) is 0 Å². The van der Waals surface area contributed by atoms with E-state index >= 15 is 0 Å². The lowest BCUT2D eigenvalue weighted by molar-refractivity contribution is 0.0445. The fraction of sp³-hybridized carbons (Fsp3) is 0.625. The van der Waals surface area contributed by atoms with Crippen LogP contribution in [0.5, 0.6) is 5.75 Å². The third-order valence-electron chi connectivity index (χ3n) is 4.55. The van der Waals surface area contributed by atoms with Gasteiger partial charge in [0.1, 0.15) is 5.75 Å². The maximum Gasteiger partial charge on any atom is 0.122 e. The van der Waals surface area contributed by atoms with Crippen molar-refractivity contribution in [3.63, 3.8) is 0 Å². The maximum atomic E-state index is 9.44. The summed E-state index contributed by atoms with van der Waals surface area (Å²) in [7, 11) is 0. The van der Waals surface area contributed by atoms with Crippen LogP contribution in [0.15, 0.2) is 18.2 Å². The molecular formula is C16H23NO2. The molecule has 1 saturated carbocycles. The summed E-state index contributed by atoms with van der Waals surface area (Å²) in [6, 6.07) is 6.49. The molecule has 1 heterocycles. The zero-order valence-electron chi connectivity index (χ0n) is 11.5. The topological polar surface area (TPSA) is 41.5 Å². The summed E-state index contributed by atoms with van der Waals surface area (Å²) in [5.41, 5.74) is 2.82. The lowest BCUT2D eigenvalue weighted by Gasteiger charge is -2.40. The number of aryl methyl sites for hydroxylation is 1. The number of ether oxygens (including phenoxy) is 1. The summed E-state index contributed by atoms with van der Waals surface area (Å²) in [5, 5.41) is 12.9. The molecule has 19 heavy (non-hydrogen) atoms. The number of rotatable bonds is 5. The molecular weight excluding hydrogens is 238 g/mol. The van der Waals surface area contributed by atoms with E-state index < -0.39 is 0 Å². The molecule has 3 rings (SSSR count). The second-order valence-electron chi connectivity index (χ2n) is 6.01. The number of hydrogen-bond acceptors (Lipinski definition) is 3. The molecule has 2 aliphatic rings. The molecule has 0 bridgehead atoms. The highest BCUT2D eigenvalue weighted by Gasteiger charge is 2.35. The molecule has 0 spiro atoms. The molecule has 1 aromatic carbocycles. The van der Waals surface area contributed by atoms with Gasteiger partial charge in [-0.15, -0.1) is 0 Å². The third-order valence-corrected chi connectivity index (χ3v) is 4.55. The standard InChI is InChI=1S/C16H23NO2/c18-12-16(6-2-7-16)11-17-10-13-4-5-15-14(9-13)3-1-8-19-15/h4-5,9,17-18H,1-3,6-8,10-12H2. The number of benzene rings is 1. The van der Waals surface area contributed by atoms with Crippen LogP contribution in [0.3, 0.4) is 0 Å². The van der Waals surface area contributed by atoms with Crippen LogP contribution in [0, 0.1) is 5.41 Å². The minimum atomic E-state index is 0.164. The fourth-order valence-electron chi connectivity index (χ4n) is 3.06. The summed E-state index contributed by atoms with van der Waals surface area (Å²) in [6.45, 7) is 2.98. The molecule has 2 N–H and O–H groups in total. The van der Waals surface area contributed by atoms with Gasteiger partial charge in [-0.1, -0.05) is 18.6 Å². The number of nitrogens with one attached hydrogen (secondary N) is 1. The summed E-state index contributed by atoms with van der Waals surface area (Å²) in [6.07, 6.45) is 5.84. The van der Waals surface area contributed by atoms with Crippen LogP contribution in [0.4, 0.5) is 0 Å². The van der Waals surface area contributed by atoms with Gasteiger partial charge >= 0.3 is 0 Å². The van der Waals surface area contributed by atoms with Gasteiger partial charge in [0.05, 0.1) is 6.61 Å². The molecule has 104 valence electrons. The SMILES string of the molecule is OCC1(CNCc2ccc3c(c2)CCCO3)CCC1. The molecule has 1 fully saturated rings. The Labute approximate surface area is 115 Å². The zero-order chi connectivity index (χ0) is 13.1. The second-order valence-corrected chi connectivity index (χ2v) is 6.01. The molecule has 1 aromatic rings. The molecule has 3 nitrogen and oxygen atoms in total. The van der Waals surface area contributed by atoms with Crippen molar-refractivity contribution in [2.45, 2.75) is 38.6 Å². The Balaban J connectivity index is 1.55. The first kappa shape index (κ1) is 12.9. The third kappa shape index (κ3) is 2.77. The van der Waals surface area contributed by atoms with Crippen LogP contribution >= 0.6 is 0 Å². The number of hydrogen-bond donors (Lipinski definition) is 2. The van der Waals surface area contributed by atoms with Gasteiger partial charge in [0.2, 0.25) is 0 Å². The number of fused-ring (bicyclic) bond motifs is 1. The molecule has 0 radical (unpaired) electrons. The van der Waals surface area contributed by atoms with Crippen LogP contribution in [-0.2, 0) is 13.0 Å². The van der Waals surface area contributed by atoms with E-state index in [1.807, 2.05) is 0 Å². The van der Waals surface area contributed by atoms with E-state index in [0.29, 0.717) is 6.61 Å². The van der Waals surface area contributed by atoms with Gasteiger partial charge < -0.3 is 15.2 Å². The van der Waals surface area contributed by atoms with Crippen LogP contribution in [-0.4, -0.2) is 24.9 Å². The van der Waals surface area contributed by atoms with E-state index in [2.05, 4.69) is 23.5 Å². The quantitative estimate of drug-likeness (QED) is 0.854. The molecule has 0 aromatic heterocycles. The van der Waals surface area contributed by atoms with Crippen molar-refractivity contribution in [2.75, 3.05) is 19.8 Å². The number of aliphatic hydroxyl groups excluding tert-OH is 1. The van der Waals surface area contributed by atoms with Crippen molar-refractivity contribution in [3.05, 3.63) is 29.3 Å². The van der Waals surface area contributed by atoms with Gasteiger partial charge in [0.15, 0.2) is 0 Å². The van der Waals surface area contributed by atoms with E-state index in [4.69, 9.17) is 4.74 Å². The van der Waals surface area contributed by atoms with Crippen molar-refractivity contribution in [2.24, 2.45) is 5.41 Å². The van der Waals surface area contributed by atoms with Crippen molar-refractivity contribution in [1.82, 2.24) is 5.32 Å². The monoisotopic (exact) mass is 261 g/mol. The lowest BCUT2D eigenvalue weighted by Crippen LogP contribution is -2.42. The first-order valence-corrected chi connectivity index (χ1v) is 7.38. The Morgan fingerprint density at radius 1 is 1.26 bits per heavy atom. The van der Waals surface area contributed by atoms with Crippen LogP contribution in [0.1, 0.15) is 36.8 Å². The van der Waals surface area contributed by atoms with Gasteiger partial charge in [-0.3, -0.25) is 0 Å². The molecule has 0 unspecified atom stereocenters. The van der Waals surface area contributed by atoms with Gasteiger partial charge in [-0.2, -0.15) is 0 Å². The van der Waals surface area contributed by atoms with Crippen molar-refractivity contribution < 1.29 is 9.84 Å². The smallest absolute Gasteiger partial charge is 0.122 e. The van der Waals surface area contributed by atoms with Crippen LogP contribution in [0.2, 0.25) is 0 Å². The lowest BCUT2D eigenvalue weighted by atomic mass is 9.69. The van der Waals surface area contributed by atoms with Gasteiger partial charge in [-0.05, 0) is 42.9 Å². The van der Waals surface area contributed by atoms with E-state index in [1.165, 1.54) is 17.5 Å². The summed E-state index contributed by atoms with van der Waals surface area (Å²) in [5.74, 6) is 1.06. The Morgan fingerprint density at radius 2 is 2.16 bits per heavy atom. The highest BCUT2D eigenvalue weighted by Crippen LogP contribution is 2.39. The molecule has 1 aliphatic carbocycles. The molecule has 3 heteroatoms. The summed E-state index contributed by atoms with van der Waals surface area (Å²) >= 11 is 0. The van der Waals surface area contributed by atoms with Gasteiger partial charge in [0.25, 0.3) is 0 Å². The highest BCUT2D eigenvalue weighted by molar-refractivity contribution is 5.38. The normalized spacial score (nSPS) is 20.3. The van der Waals surface area contributed by atoms with Crippen molar-refractivity contribution >= 4 is 0 Å². The molecule has 0 amide bonds. The van der Waals surface area contributed by atoms with Gasteiger partial charge in [0, 0.05) is 25.1 Å². The maximum absolute atomic E-state index is 9.44. The van der Waals surface area contributed by atoms with Crippen molar-refractivity contribution in [1.29, 1.82) is 0 Å². The largest absolute Gasteiger partial charge is 0.493 e.